The molecule has 2 amide bonds. The second kappa shape index (κ2) is 5.89. The maximum Gasteiger partial charge on any atom is 0.471 e. The van der Waals surface area contributed by atoms with Gasteiger partial charge in [0.1, 0.15) is 0 Å². The second-order valence-electron chi connectivity index (χ2n) is 7.36. The number of alkyl halides is 3. The number of hydrogen-bond donors (Lipinski definition) is 1. The van der Waals surface area contributed by atoms with Crippen LogP contribution >= 0.6 is 0 Å². The van der Waals surface area contributed by atoms with E-state index >= 15 is 0 Å². The molecule has 0 aromatic heterocycles. The predicted octanol–water partition coefficient (Wildman–Crippen LogP) is 1.67. The summed E-state index contributed by atoms with van der Waals surface area (Å²) in [6.07, 6.45) is -1.59. The molecule has 3 aliphatic rings. The van der Waals surface area contributed by atoms with Crippen molar-refractivity contribution in [2.75, 3.05) is 13.1 Å². The Hall–Kier alpha value is -1.31. The van der Waals surface area contributed by atoms with Crippen molar-refractivity contribution in [3.8, 4) is 0 Å². The first-order valence-electron chi connectivity index (χ1n) is 8.63. The summed E-state index contributed by atoms with van der Waals surface area (Å²) in [4.78, 5) is 27.3. The lowest BCUT2D eigenvalue weighted by Gasteiger charge is -2.47. The largest absolute Gasteiger partial charge is 0.471 e. The minimum atomic E-state index is -4.86. The molecular formula is C16H24F3N3O2. The molecule has 0 aromatic carbocycles. The van der Waals surface area contributed by atoms with Crippen molar-refractivity contribution in [1.82, 2.24) is 15.1 Å². The van der Waals surface area contributed by atoms with Gasteiger partial charge in [0.25, 0.3) is 0 Å². The fourth-order valence-electron chi connectivity index (χ4n) is 3.99. The highest BCUT2D eigenvalue weighted by Gasteiger charge is 2.60. The first-order chi connectivity index (χ1) is 11.2. The van der Waals surface area contributed by atoms with Crippen molar-refractivity contribution in [3.63, 3.8) is 0 Å². The molecule has 8 heteroatoms. The Kier molecular flexibility index (Phi) is 4.30. The lowest BCUT2D eigenvalue weighted by Crippen LogP contribution is -2.66. The average Bonchev–Trinajstić information content (AvgIpc) is 3.15. The highest BCUT2D eigenvalue weighted by atomic mass is 19.4. The number of nitrogens with zero attached hydrogens (tertiary/aromatic N) is 2. The minimum Gasteiger partial charge on any atom is -0.334 e. The summed E-state index contributed by atoms with van der Waals surface area (Å²) in [5.74, 6) is -1.80. The van der Waals surface area contributed by atoms with Crippen molar-refractivity contribution in [2.24, 2.45) is 0 Å². The van der Waals surface area contributed by atoms with Gasteiger partial charge in [-0.15, -0.1) is 0 Å². The Morgan fingerprint density at radius 2 is 1.92 bits per heavy atom. The Morgan fingerprint density at radius 1 is 1.25 bits per heavy atom. The van der Waals surface area contributed by atoms with E-state index in [0.29, 0.717) is 19.3 Å². The Balaban J connectivity index is 1.78. The molecule has 3 fully saturated rings. The normalized spacial score (nSPS) is 32.3. The summed E-state index contributed by atoms with van der Waals surface area (Å²) in [6, 6.07) is -0.329. The fraction of sp³-hybridized carbons (Fsp3) is 0.875. The molecule has 3 atom stereocenters. The van der Waals surface area contributed by atoms with E-state index in [0.717, 1.165) is 17.7 Å². The zero-order chi connectivity index (χ0) is 17.7. The van der Waals surface area contributed by atoms with Gasteiger partial charge in [-0.3, -0.25) is 9.59 Å². The topological polar surface area (TPSA) is 52.7 Å². The Bertz CT molecular complexity index is 533. The van der Waals surface area contributed by atoms with Gasteiger partial charge in [-0.1, -0.05) is 6.92 Å². The van der Waals surface area contributed by atoms with Crippen LogP contribution < -0.4 is 5.32 Å². The van der Waals surface area contributed by atoms with Gasteiger partial charge in [-0.25, -0.2) is 0 Å². The third-order valence-electron chi connectivity index (χ3n) is 5.61. The van der Waals surface area contributed by atoms with E-state index in [-0.39, 0.29) is 37.1 Å². The molecule has 2 saturated heterocycles. The van der Waals surface area contributed by atoms with Crippen LogP contribution in [-0.2, 0) is 9.59 Å². The molecule has 2 aliphatic heterocycles. The van der Waals surface area contributed by atoms with Gasteiger partial charge in [0.2, 0.25) is 5.91 Å². The Morgan fingerprint density at radius 3 is 2.38 bits per heavy atom. The number of halogens is 3. The van der Waals surface area contributed by atoms with Crippen LogP contribution in [0.3, 0.4) is 0 Å². The van der Waals surface area contributed by atoms with Gasteiger partial charge >= 0.3 is 12.1 Å². The quantitative estimate of drug-likeness (QED) is 0.827. The maximum atomic E-state index is 12.9. The van der Waals surface area contributed by atoms with Gasteiger partial charge in [0.15, 0.2) is 0 Å². The van der Waals surface area contributed by atoms with E-state index in [1.807, 2.05) is 13.8 Å². The molecule has 1 spiro atoms. The monoisotopic (exact) mass is 347 g/mol. The van der Waals surface area contributed by atoms with Crippen LogP contribution in [0.5, 0.6) is 0 Å². The predicted molar refractivity (Wildman–Crippen MR) is 81.1 cm³/mol. The van der Waals surface area contributed by atoms with Crippen molar-refractivity contribution in [2.45, 2.75) is 75.8 Å². The highest BCUT2D eigenvalue weighted by Crippen LogP contribution is 2.47. The van der Waals surface area contributed by atoms with Crippen molar-refractivity contribution in [3.05, 3.63) is 0 Å². The van der Waals surface area contributed by atoms with Crippen LogP contribution in [0.15, 0.2) is 0 Å². The number of rotatable bonds is 2. The zero-order valence-electron chi connectivity index (χ0n) is 14.0. The van der Waals surface area contributed by atoms with Crippen molar-refractivity contribution < 1.29 is 22.8 Å². The van der Waals surface area contributed by atoms with Gasteiger partial charge < -0.3 is 15.1 Å². The van der Waals surface area contributed by atoms with E-state index < -0.39 is 17.6 Å². The van der Waals surface area contributed by atoms with E-state index in [1.54, 1.807) is 4.90 Å². The van der Waals surface area contributed by atoms with Crippen LogP contribution in [0.1, 0.15) is 46.0 Å². The number of carbonyl (C=O) groups excluding carboxylic acids is 2. The van der Waals surface area contributed by atoms with E-state index in [9.17, 15) is 22.8 Å². The standard InChI is InChI=1S/C16H24F3N3O2/c1-3-11-8-22(14(24)16(17,18)19)15(6-7-15)9-21(11)13(23)12-5-4-10(2)20-12/h10-12,20H,3-9H2,1-2H3/t10-,11-,12?/m1/s1. The zero-order valence-corrected chi connectivity index (χ0v) is 14.0. The minimum absolute atomic E-state index is 0.0249. The maximum absolute atomic E-state index is 12.9. The molecular weight excluding hydrogens is 323 g/mol. The molecule has 1 N–H and O–H groups in total. The van der Waals surface area contributed by atoms with Crippen molar-refractivity contribution >= 4 is 11.8 Å². The lowest BCUT2D eigenvalue weighted by molar-refractivity contribution is -0.193. The SMILES string of the molecule is CC[C@@H]1CN(C(=O)C(F)(F)F)C2(CC2)CN1C(=O)C1CC[C@@H](C)N1. The summed E-state index contributed by atoms with van der Waals surface area (Å²) >= 11 is 0. The van der Waals surface area contributed by atoms with Gasteiger partial charge in [-0.05, 0) is 39.0 Å². The van der Waals surface area contributed by atoms with E-state index in [4.69, 9.17) is 0 Å². The molecule has 0 aromatic rings. The number of amides is 2. The number of nitrogens with one attached hydrogen (secondary N) is 1. The summed E-state index contributed by atoms with van der Waals surface area (Å²) in [7, 11) is 0. The molecule has 1 aliphatic carbocycles. The van der Waals surface area contributed by atoms with Gasteiger partial charge in [0.05, 0.1) is 11.6 Å². The molecule has 5 nitrogen and oxygen atoms in total. The molecule has 2 heterocycles. The van der Waals surface area contributed by atoms with Crippen LogP contribution in [0.2, 0.25) is 0 Å². The second-order valence-corrected chi connectivity index (χ2v) is 7.36. The number of carbonyl (C=O) groups is 2. The third-order valence-corrected chi connectivity index (χ3v) is 5.61. The molecule has 0 radical (unpaired) electrons. The van der Waals surface area contributed by atoms with E-state index in [1.165, 1.54) is 0 Å². The first-order valence-corrected chi connectivity index (χ1v) is 8.63. The van der Waals surface area contributed by atoms with Gasteiger partial charge in [-0.2, -0.15) is 13.2 Å². The molecule has 136 valence electrons. The van der Waals surface area contributed by atoms with Crippen LogP contribution in [0.4, 0.5) is 13.2 Å². The average molecular weight is 347 g/mol. The number of piperazine rings is 1. The van der Waals surface area contributed by atoms with Gasteiger partial charge in [0, 0.05) is 25.2 Å². The molecule has 24 heavy (non-hydrogen) atoms. The Labute approximate surface area is 139 Å². The smallest absolute Gasteiger partial charge is 0.334 e. The van der Waals surface area contributed by atoms with Crippen LogP contribution in [-0.4, -0.2) is 64.5 Å². The summed E-state index contributed by atoms with van der Waals surface area (Å²) in [6.45, 7) is 4.06. The summed E-state index contributed by atoms with van der Waals surface area (Å²) < 4.78 is 38.7. The summed E-state index contributed by atoms with van der Waals surface area (Å²) in [5, 5.41) is 3.25. The summed E-state index contributed by atoms with van der Waals surface area (Å²) in [5.41, 5.74) is -0.807. The molecule has 0 bridgehead atoms. The molecule has 1 saturated carbocycles. The highest BCUT2D eigenvalue weighted by molar-refractivity contribution is 5.85. The fourth-order valence-corrected chi connectivity index (χ4v) is 3.99. The molecule has 3 rings (SSSR count). The van der Waals surface area contributed by atoms with Crippen LogP contribution in [0.25, 0.3) is 0 Å². The van der Waals surface area contributed by atoms with Crippen molar-refractivity contribution in [1.29, 1.82) is 0 Å². The first kappa shape index (κ1) is 17.5. The lowest BCUT2D eigenvalue weighted by atomic mass is 10.0. The molecule has 1 unspecified atom stereocenters. The number of hydrogen-bond acceptors (Lipinski definition) is 3. The third kappa shape index (κ3) is 3.00. The van der Waals surface area contributed by atoms with Crippen LogP contribution in [0, 0.1) is 0 Å². The van der Waals surface area contributed by atoms with E-state index in [2.05, 4.69) is 5.32 Å².